The van der Waals surface area contributed by atoms with Crippen molar-refractivity contribution in [2.75, 3.05) is 0 Å². The van der Waals surface area contributed by atoms with Crippen LogP contribution in [-0.4, -0.2) is 6.29 Å². The quantitative estimate of drug-likeness (QED) is 0.603. The minimum absolute atomic E-state index is 0.0547. The molecule has 2 rings (SSSR count). The highest BCUT2D eigenvalue weighted by atomic mass is 16.1. The number of carbonyl (C=O) groups is 1. The second kappa shape index (κ2) is 7.15. The van der Waals surface area contributed by atoms with Gasteiger partial charge in [-0.25, -0.2) is 0 Å². The maximum atomic E-state index is 11.5. The number of hydrogen-bond donors (Lipinski definition) is 0. The Morgan fingerprint density at radius 3 is 1.24 bits per heavy atom. The van der Waals surface area contributed by atoms with Crippen LogP contribution in [0.1, 0.15) is 76.6 Å². The van der Waals surface area contributed by atoms with Crippen molar-refractivity contribution in [3.63, 3.8) is 0 Å². The topological polar surface area (TPSA) is 17.1 Å². The molecule has 0 N–H and O–H groups in total. The Hall–Kier alpha value is -1.89. The molecular weight excluding hydrogens is 304 g/mol. The van der Waals surface area contributed by atoms with Gasteiger partial charge < -0.3 is 4.79 Å². The van der Waals surface area contributed by atoms with E-state index in [-0.39, 0.29) is 22.7 Å². The van der Waals surface area contributed by atoms with Gasteiger partial charge in [-0.05, 0) is 33.1 Å². The number of aldehydes is 1. The number of hydrogen-bond acceptors (Lipinski definition) is 1. The fourth-order valence-electron chi connectivity index (χ4n) is 3.26. The molecule has 2 aromatic rings. The zero-order valence-corrected chi connectivity index (χ0v) is 16.8. The molecule has 0 aliphatic carbocycles. The van der Waals surface area contributed by atoms with Gasteiger partial charge in [-0.2, -0.15) is 0 Å². The molecule has 1 unspecified atom stereocenters. The summed E-state index contributed by atoms with van der Waals surface area (Å²) in [5.74, 6) is 0.0431. The van der Waals surface area contributed by atoms with Gasteiger partial charge >= 0.3 is 0 Å². The first-order valence-electron chi connectivity index (χ1n) is 9.20. The monoisotopic (exact) mass is 336 g/mol. The Morgan fingerprint density at radius 2 is 1.00 bits per heavy atom. The zero-order valence-electron chi connectivity index (χ0n) is 16.8. The van der Waals surface area contributed by atoms with Crippen molar-refractivity contribution in [2.45, 2.75) is 65.2 Å². The summed E-state index contributed by atoms with van der Waals surface area (Å²) in [5.41, 5.74) is 5.32. The van der Waals surface area contributed by atoms with Crippen molar-refractivity contribution < 1.29 is 4.79 Å². The molecule has 1 nitrogen and oxygen atoms in total. The Labute approximate surface area is 153 Å². The lowest BCUT2D eigenvalue weighted by Crippen LogP contribution is -2.15. The minimum atomic E-state index is -0.0547. The largest absolute Gasteiger partial charge is 0.303 e. The number of rotatable bonds is 4. The molecule has 0 fully saturated rings. The highest BCUT2D eigenvalue weighted by Crippen LogP contribution is 2.34. The third-order valence-corrected chi connectivity index (χ3v) is 5.01. The van der Waals surface area contributed by atoms with E-state index in [2.05, 4.69) is 90.1 Å². The highest BCUT2D eigenvalue weighted by molar-refractivity contribution is 5.58. The van der Waals surface area contributed by atoms with E-state index in [1.807, 2.05) is 6.92 Å². The van der Waals surface area contributed by atoms with Gasteiger partial charge in [0, 0.05) is 11.8 Å². The fraction of sp³-hybridized carbons (Fsp3) is 0.458. The molecule has 0 amide bonds. The van der Waals surface area contributed by atoms with Crippen LogP contribution in [0.4, 0.5) is 0 Å². The van der Waals surface area contributed by atoms with Crippen molar-refractivity contribution in [3.8, 4) is 0 Å². The van der Waals surface area contributed by atoms with Gasteiger partial charge in [0.2, 0.25) is 0 Å². The first kappa shape index (κ1) is 19.4. The van der Waals surface area contributed by atoms with Gasteiger partial charge in [0.05, 0.1) is 0 Å². The zero-order chi connectivity index (χ0) is 18.8. The third kappa shape index (κ3) is 4.60. The van der Waals surface area contributed by atoms with Crippen molar-refractivity contribution in [1.82, 2.24) is 0 Å². The number of carbonyl (C=O) groups excluding carboxylic acids is 1. The Bertz CT molecular complexity index is 636. The van der Waals surface area contributed by atoms with Crippen molar-refractivity contribution >= 4 is 6.29 Å². The SMILES string of the molecule is CC(C=O)C(c1ccc(C(C)(C)C)cc1)c1ccc(C(C)(C)C)cc1. The predicted molar refractivity (Wildman–Crippen MR) is 107 cm³/mol. The van der Waals surface area contributed by atoms with Gasteiger partial charge in [-0.1, -0.05) is 97.0 Å². The molecule has 0 spiro atoms. The van der Waals surface area contributed by atoms with Crippen LogP contribution >= 0.6 is 0 Å². The van der Waals surface area contributed by atoms with Gasteiger partial charge in [0.1, 0.15) is 6.29 Å². The van der Waals surface area contributed by atoms with E-state index in [1.54, 1.807) is 0 Å². The first-order valence-corrected chi connectivity index (χ1v) is 9.20. The van der Waals surface area contributed by atoms with Gasteiger partial charge in [-0.15, -0.1) is 0 Å². The summed E-state index contributed by atoms with van der Waals surface area (Å²) in [6, 6.07) is 17.5. The normalized spacial score (nSPS) is 13.8. The van der Waals surface area contributed by atoms with E-state index in [4.69, 9.17) is 0 Å². The van der Waals surface area contributed by atoms with Crippen LogP contribution in [-0.2, 0) is 15.6 Å². The maximum absolute atomic E-state index is 11.5. The van der Waals surface area contributed by atoms with Crippen LogP contribution < -0.4 is 0 Å². The van der Waals surface area contributed by atoms with Crippen LogP contribution in [0.25, 0.3) is 0 Å². The molecule has 134 valence electrons. The highest BCUT2D eigenvalue weighted by Gasteiger charge is 2.23. The summed E-state index contributed by atoms with van der Waals surface area (Å²) in [7, 11) is 0. The van der Waals surface area contributed by atoms with Gasteiger partial charge in [0.25, 0.3) is 0 Å². The van der Waals surface area contributed by atoms with Crippen LogP contribution in [0, 0.1) is 5.92 Å². The van der Waals surface area contributed by atoms with E-state index >= 15 is 0 Å². The molecule has 2 aromatic carbocycles. The minimum Gasteiger partial charge on any atom is -0.303 e. The lowest BCUT2D eigenvalue weighted by molar-refractivity contribution is -0.111. The molecule has 0 radical (unpaired) electrons. The summed E-state index contributed by atoms with van der Waals surface area (Å²) in [4.78, 5) is 11.5. The Kier molecular flexibility index (Phi) is 5.56. The van der Waals surface area contributed by atoms with E-state index < -0.39 is 0 Å². The fourth-order valence-corrected chi connectivity index (χ4v) is 3.26. The predicted octanol–water partition coefficient (Wildman–Crippen LogP) is 6.25. The Morgan fingerprint density at radius 1 is 0.680 bits per heavy atom. The molecule has 0 heterocycles. The van der Waals surface area contributed by atoms with E-state index in [0.29, 0.717) is 0 Å². The molecule has 0 aliphatic rings. The summed E-state index contributed by atoms with van der Waals surface area (Å²) < 4.78 is 0. The number of benzene rings is 2. The molecule has 0 aliphatic heterocycles. The lowest BCUT2D eigenvalue weighted by atomic mass is 9.79. The summed E-state index contributed by atoms with van der Waals surface area (Å²) in [6.07, 6.45) is 1.07. The standard InChI is InChI=1S/C24H32O/c1-17(16-25)22(18-8-12-20(13-9-18)23(2,3)4)19-10-14-21(15-11-19)24(5,6)7/h8-17,22H,1-7H3. The van der Waals surface area contributed by atoms with Crippen LogP contribution in [0.15, 0.2) is 48.5 Å². The molecule has 1 atom stereocenters. The van der Waals surface area contributed by atoms with E-state index in [0.717, 1.165) is 6.29 Å². The molecular formula is C24H32O. The smallest absolute Gasteiger partial charge is 0.123 e. The van der Waals surface area contributed by atoms with Crippen molar-refractivity contribution in [1.29, 1.82) is 0 Å². The summed E-state index contributed by atoms with van der Waals surface area (Å²) in [5, 5.41) is 0. The van der Waals surface area contributed by atoms with Crippen LogP contribution in [0.3, 0.4) is 0 Å². The van der Waals surface area contributed by atoms with Gasteiger partial charge in [0.15, 0.2) is 0 Å². The summed E-state index contributed by atoms with van der Waals surface area (Å²) in [6.45, 7) is 15.3. The molecule has 0 bridgehead atoms. The molecule has 1 heteroatoms. The molecule has 25 heavy (non-hydrogen) atoms. The second-order valence-electron chi connectivity index (χ2n) is 9.22. The average Bonchev–Trinajstić information content (AvgIpc) is 2.54. The van der Waals surface area contributed by atoms with Crippen LogP contribution in [0.2, 0.25) is 0 Å². The average molecular weight is 337 g/mol. The molecule has 0 saturated carbocycles. The lowest BCUT2D eigenvalue weighted by Gasteiger charge is -2.25. The van der Waals surface area contributed by atoms with Crippen LogP contribution in [0.5, 0.6) is 0 Å². The summed E-state index contributed by atoms with van der Waals surface area (Å²) >= 11 is 0. The van der Waals surface area contributed by atoms with Crippen molar-refractivity contribution in [3.05, 3.63) is 70.8 Å². The molecule has 0 saturated heterocycles. The third-order valence-electron chi connectivity index (χ3n) is 5.01. The molecule has 0 aromatic heterocycles. The first-order chi connectivity index (χ1) is 11.5. The van der Waals surface area contributed by atoms with E-state index in [9.17, 15) is 4.79 Å². The van der Waals surface area contributed by atoms with E-state index in [1.165, 1.54) is 22.3 Å². The second-order valence-corrected chi connectivity index (χ2v) is 9.22. The van der Waals surface area contributed by atoms with Crippen molar-refractivity contribution in [2.24, 2.45) is 5.92 Å². The Balaban J connectivity index is 2.42. The maximum Gasteiger partial charge on any atom is 0.123 e. The van der Waals surface area contributed by atoms with Gasteiger partial charge in [-0.3, -0.25) is 0 Å².